The predicted octanol–water partition coefficient (Wildman–Crippen LogP) is 2.42. The van der Waals surface area contributed by atoms with Gasteiger partial charge >= 0.3 is 0 Å². The van der Waals surface area contributed by atoms with E-state index in [4.69, 9.17) is 5.73 Å². The lowest BCUT2D eigenvalue weighted by atomic mass is 10.0. The number of rotatable bonds is 3. The minimum absolute atomic E-state index is 0.359. The van der Waals surface area contributed by atoms with E-state index >= 15 is 0 Å². The van der Waals surface area contributed by atoms with E-state index in [-0.39, 0.29) is 0 Å². The number of carbonyl (C=O) groups is 1. The number of aryl methyl sites for hydroxylation is 2. The molecule has 0 radical (unpaired) electrons. The molecule has 126 valence electrons. The number of amides is 1. The van der Waals surface area contributed by atoms with Crippen LogP contribution in [0, 0.1) is 25.8 Å². The zero-order chi connectivity index (χ0) is 17.3. The maximum absolute atomic E-state index is 11.8. The molecule has 1 saturated heterocycles. The Bertz CT molecular complexity index is 840. The smallest absolute Gasteiger partial charge is 0.250 e. The molecular formula is C19H24N4O. The predicted molar refractivity (Wildman–Crippen MR) is 98.1 cm³/mol. The van der Waals surface area contributed by atoms with Crippen molar-refractivity contribution in [2.45, 2.75) is 39.7 Å². The van der Waals surface area contributed by atoms with Crippen molar-refractivity contribution >= 4 is 22.5 Å². The Hall–Kier alpha value is -2.61. The summed E-state index contributed by atoms with van der Waals surface area (Å²) in [4.78, 5) is 17.5. The van der Waals surface area contributed by atoms with E-state index in [0.717, 1.165) is 48.2 Å². The van der Waals surface area contributed by atoms with Gasteiger partial charge in [0.1, 0.15) is 0 Å². The lowest BCUT2D eigenvalue weighted by Gasteiger charge is -2.34. The standard InChI is InChI=1S/C19H24N4O/c1-4-9-21-14-6-5-10-23(11-14)16-8-7-15(19(20)24)18-17(16)12(2)13(3)22-18/h7-8,14,21-22H,5-6,10-11H2,1-3H3,(H2,20,24)/t14-/m1/s1. The highest BCUT2D eigenvalue weighted by molar-refractivity contribution is 6.10. The quantitative estimate of drug-likeness (QED) is 0.599. The number of piperidine rings is 1. The van der Waals surface area contributed by atoms with Gasteiger partial charge in [-0.25, -0.2) is 0 Å². The molecule has 1 amide bonds. The number of hydrogen-bond acceptors (Lipinski definition) is 3. The summed E-state index contributed by atoms with van der Waals surface area (Å²) in [7, 11) is 0. The molecule has 0 spiro atoms. The van der Waals surface area contributed by atoms with E-state index in [2.05, 4.69) is 34.1 Å². The Balaban J connectivity index is 2.04. The fraction of sp³-hybridized carbons (Fsp3) is 0.421. The van der Waals surface area contributed by atoms with Gasteiger partial charge in [-0.1, -0.05) is 5.92 Å². The number of primary amides is 1. The van der Waals surface area contributed by atoms with E-state index in [1.165, 1.54) is 5.56 Å². The number of hydrogen-bond donors (Lipinski definition) is 3. The van der Waals surface area contributed by atoms with Gasteiger partial charge in [-0.3, -0.25) is 4.79 Å². The number of nitrogens with zero attached hydrogens (tertiary/aromatic N) is 1. The van der Waals surface area contributed by atoms with E-state index in [1.807, 2.05) is 26.0 Å². The largest absolute Gasteiger partial charge is 0.369 e. The second-order valence-corrected chi connectivity index (χ2v) is 6.43. The molecule has 1 aromatic heterocycles. The third-order valence-electron chi connectivity index (χ3n) is 4.86. The van der Waals surface area contributed by atoms with Gasteiger partial charge in [0.2, 0.25) is 0 Å². The summed E-state index contributed by atoms with van der Waals surface area (Å²) < 4.78 is 0. The monoisotopic (exact) mass is 324 g/mol. The summed E-state index contributed by atoms with van der Waals surface area (Å²) in [5.74, 6) is 2.50. The maximum atomic E-state index is 11.8. The molecule has 1 atom stereocenters. The Labute approximate surface area is 142 Å². The van der Waals surface area contributed by atoms with E-state index < -0.39 is 5.91 Å². The highest BCUT2D eigenvalue weighted by atomic mass is 16.1. The molecule has 5 heteroatoms. The SMILES string of the molecule is CC#CN[C@@H]1CCCN(c2ccc(C(N)=O)c3[nH]c(C)c(C)c23)C1. The van der Waals surface area contributed by atoms with Gasteiger partial charge in [-0.2, -0.15) is 0 Å². The molecule has 0 unspecified atom stereocenters. The van der Waals surface area contributed by atoms with Crippen LogP contribution in [-0.4, -0.2) is 30.0 Å². The van der Waals surface area contributed by atoms with Crippen molar-refractivity contribution in [3.05, 3.63) is 29.0 Å². The molecule has 3 rings (SSSR count). The van der Waals surface area contributed by atoms with Crippen molar-refractivity contribution in [3.8, 4) is 12.0 Å². The Morgan fingerprint density at radius 3 is 2.92 bits per heavy atom. The number of carbonyl (C=O) groups excluding carboxylic acids is 1. The first-order valence-corrected chi connectivity index (χ1v) is 8.36. The van der Waals surface area contributed by atoms with Gasteiger partial charge < -0.3 is 20.9 Å². The number of H-pyrrole nitrogens is 1. The van der Waals surface area contributed by atoms with E-state index in [1.54, 1.807) is 0 Å². The number of aromatic amines is 1. The Morgan fingerprint density at radius 2 is 2.21 bits per heavy atom. The lowest BCUT2D eigenvalue weighted by Crippen LogP contribution is -2.44. The molecule has 1 aliphatic heterocycles. The molecule has 2 aromatic rings. The number of fused-ring (bicyclic) bond motifs is 1. The second kappa shape index (κ2) is 6.48. The molecule has 1 aliphatic rings. The molecular weight excluding hydrogens is 300 g/mol. The summed E-state index contributed by atoms with van der Waals surface area (Å²) >= 11 is 0. The minimum atomic E-state index is -0.399. The van der Waals surface area contributed by atoms with E-state index in [9.17, 15) is 4.79 Å². The molecule has 24 heavy (non-hydrogen) atoms. The number of aromatic nitrogens is 1. The summed E-state index contributed by atoms with van der Waals surface area (Å²) in [5.41, 5.74) is 10.3. The van der Waals surface area contributed by atoms with Crippen LogP contribution in [0.1, 0.15) is 41.4 Å². The zero-order valence-electron chi connectivity index (χ0n) is 14.5. The Kier molecular flexibility index (Phi) is 4.39. The first-order chi connectivity index (χ1) is 11.5. The van der Waals surface area contributed by atoms with Crippen LogP contribution in [0.2, 0.25) is 0 Å². The van der Waals surface area contributed by atoms with Crippen LogP contribution in [0.5, 0.6) is 0 Å². The van der Waals surface area contributed by atoms with Gasteiger partial charge in [0.25, 0.3) is 5.91 Å². The Morgan fingerprint density at radius 1 is 1.42 bits per heavy atom. The average molecular weight is 324 g/mol. The van der Waals surface area contributed by atoms with Crippen LogP contribution < -0.4 is 16.0 Å². The molecule has 0 bridgehead atoms. The molecule has 1 aromatic carbocycles. The van der Waals surface area contributed by atoms with Crippen molar-refractivity contribution in [3.63, 3.8) is 0 Å². The number of anilines is 1. The highest BCUT2D eigenvalue weighted by Crippen LogP contribution is 2.34. The zero-order valence-corrected chi connectivity index (χ0v) is 14.5. The molecule has 2 heterocycles. The normalized spacial score (nSPS) is 17.5. The molecule has 1 fully saturated rings. The number of nitrogens with two attached hydrogens (primary N) is 1. The van der Waals surface area contributed by atoms with Gasteiger partial charge in [0.15, 0.2) is 0 Å². The molecule has 5 nitrogen and oxygen atoms in total. The van der Waals surface area contributed by atoms with Crippen molar-refractivity contribution in [2.24, 2.45) is 5.73 Å². The van der Waals surface area contributed by atoms with Crippen LogP contribution in [0.4, 0.5) is 5.69 Å². The summed E-state index contributed by atoms with van der Waals surface area (Å²) in [6, 6.07) is 7.19. The van der Waals surface area contributed by atoms with Crippen molar-refractivity contribution in [1.29, 1.82) is 0 Å². The van der Waals surface area contributed by atoms with E-state index in [0.29, 0.717) is 11.6 Å². The van der Waals surface area contributed by atoms with Crippen LogP contribution in [-0.2, 0) is 0 Å². The number of benzene rings is 1. The highest BCUT2D eigenvalue weighted by Gasteiger charge is 2.23. The first-order valence-electron chi connectivity index (χ1n) is 8.36. The van der Waals surface area contributed by atoms with Crippen LogP contribution >= 0.6 is 0 Å². The molecule has 0 aliphatic carbocycles. The third kappa shape index (κ3) is 2.80. The maximum Gasteiger partial charge on any atom is 0.250 e. The third-order valence-corrected chi connectivity index (χ3v) is 4.86. The summed E-state index contributed by atoms with van der Waals surface area (Å²) in [6.45, 7) is 7.87. The molecule has 0 saturated carbocycles. The lowest BCUT2D eigenvalue weighted by molar-refractivity contribution is 0.100. The average Bonchev–Trinajstić information content (AvgIpc) is 2.87. The summed E-state index contributed by atoms with van der Waals surface area (Å²) in [6.07, 6.45) is 2.24. The minimum Gasteiger partial charge on any atom is -0.369 e. The van der Waals surface area contributed by atoms with Crippen LogP contribution in [0.15, 0.2) is 12.1 Å². The van der Waals surface area contributed by atoms with Crippen LogP contribution in [0.25, 0.3) is 10.9 Å². The van der Waals surface area contributed by atoms with Crippen molar-refractivity contribution in [2.75, 3.05) is 18.0 Å². The number of nitrogens with one attached hydrogen (secondary N) is 2. The van der Waals surface area contributed by atoms with Crippen LogP contribution in [0.3, 0.4) is 0 Å². The van der Waals surface area contributed by atoms with Crippen molar-refractivity contribution in [1.82, 2.24) is 10.3 Å². The second-order valence-electron chi connectivity index (χ2n) is 6.43. The van der Waals surface area contributed by atoms with Gasteiger partial charge in [0, 0.05) is 35.9 Å². The first kappa shape index (κ1) is 16.3. The fourth-order valence-electron chi connectivity index (χ4n) is 3.53. The fourth-order valence-corrected chi connectivity index (χ4v) is 3.53. The van der Waals surface area contributed by atoms with Gasteiger partial charge in [0.05, 0.1) is 17.1 Å². The molecule has 4 N–H and O–H groups in total. The van der Waals surface area contributed by atoms with Gasteiger partial charge in [-0.05, 0) is 51.3 Å². The van der Waals surface area contributed by atoms with Gasteiger partial charge in [-0.15, -0.1) is 0 Å². The summed E-state index contributed by atoms with van der Waals surface area (Å²) in [5, 5.41) is 4.39. The van der Waals surface area contributed by atoms with Crippen molar-refractivity contribution < 1.29 is 4.79 Å². The topological polar surface area (TPSA) is 74.2 Å².